The summed E-state index contributed by atoms with van der Waals surface area (Å²) in [6.07, 6.45) is -0.175. The fourth-order valence-electron chi connectivity index (χ4n) is 2.68. The van der Waals surface area contributed by atoms with Gasteiger partial charge < -0.3 is 9.15 Å². The van der Waals surface area contributed by atoms with Gasteiger partial charge >= 0.3 is 11.7 Å². The normalized spacial score (nSPS) is 12.2. The zero-order valence-electron chi connectivity index (χ0n) is 16.9. The lowest BCUT2D eigenvalue weighted by atomic mass is 10.1. The maximum atomic E-state index is 13.0. The predicted molar refractivity (Wildman–Crippen MR) is 111 cm³/mol. The summed E-state index contributed by atoms with van der Waals surface area (Å²) in [4.78, 5) is 36.6. The Morgan fingerprint density at radius 1 is 1.16 bits per heavy atom. The van der Waals surface area contributed by atoms with Crippen molar-refractivity contribution < 1.29 is 31.6 Å². The number of aromatic nitrogens is 2. The first kappa shape index (κ1) is 22.9. The van der Waals surface area contributed by atoms with Crippen LogP contribution in [0.5, 0.6) is 0 Å². The number of carbonyl (C=O) groups is 2. The van der Waals surface area contributed by atoms with Crippen molar-refractivity contribution in [3.8, 4) is 11.5 Å². The first-order valence-corrected chi connectivity index (χ1v) is 11.1. The highest BCUT2D eigenvalue weighted by atomic mass is 32.2. The van der Waals surface area contributed by atoms with Crippen LogP contribution in [-0.2, 0) is 26.1 Å². The van der Waals surface area contributed by atoms with Crippen molar-refractivity contribution in [2.45, 2.75) is 19.6 Å². The third-order valence-corrected chi connectivity index (χ3v) is 4.73. The first-order valence-electron chi connectivity index (χ1n) is 9.17. The molecule has 0 bridgehead atoms. The molecule has 1 atom stereocenters. The molecule has 1 aromatic heterocycles. The van der Waals surface area contributed by atoms with Crippen LogP contribution in [0, 0.1) is 5.82 Å². The number of rotatable bonds is 8. The summed E-state index contributed by atoms with van der Waals surface area (Å²) in [6, 6.07) is 10.6. The van der Waals surface area contributed by atoms with Gasteiger partial charge in [0.15, 0.2) is 6.10 Å². The summed E-state index contributed by atoms with van der Waals surface area (Å²) in [7, 11) is -3.46. The Hall–Kier alpha value is -3.80. The number of ether oxygens (including phenoxy) is 1. The molecule has 12 heteroatoms. The van der Waals surface area contributed by atoms with Crippen LogP contribution < -0.4 is 10.5 Å². The fourth-order valence-corrected chi connectivity index (χ4v) is 3.24. The Morgan fingerprint density at radius 3 is 2.38 bits per heavy atom. The minimum Gasteiger partial charge on any atom is -0.453 e. The van der Waals surface area contributed by atoms with Gasteiger partial charge in [-0.25, -0.2) is 17.6 Å². The highest BCUT2D eigenvalue weighted by Gasteiger charge is 2.21. The monoisotopic (exact) mass is 463 g/mol. The number of esters is 1. The van der Waals surface area contributed by atoms with Crippen molar-refractivity contribution in [1.82, 2.24) is 9.78 Å². The number of benzene rings is 2. The molecule has 0 spiro atoms. The zero-order chi connectivity index (χ0) is 23.5. The molecule has 1 N–H and O–H groups in total. The topological polar surface area (TPSA) is 138 Å². The molecule has 0 amide bonds. The lowest BCUT2D eigenvalue weighted by molar-refractivity contribution is -0.147. The predicted octanol–water partition coefficient (Wildman–Crippen LogP) is 1.83. The van der Waals surface area contributed by atoms with E-state index in [9.17, 15) is 27.2 Å². The van der Waals surface area contributed by atoms with E-state index >= 15 is 0 Å². The number of nitrogens with zero attached hydrogens (tertiary/aromatic N) is 2. The minimum atomic E-state index is -3.46. The molecule has 1 unspecified atom stereocenters. The van der Waals surface area contributed by atoms with E-state index in [0.29, 0.717) is 5.56 Å². The summed E-state index contributed by atoms with van der Waals surface area (Å²) in [5, 5.41) is 3.87. The number of ketones is 1. The fraction of sp³-hybridized carbons (Fsp3) is 0.200. The van der Waals surface area contributed by atoms with E-state index < -0.39 is 46.0 Å². The van der Waals surface area contributed by atoms with Crippen LogP contribution in [0.2, 0.25) is 0 Å². The van der Waals surface area contributed by atoms with Crippen LogP contribution in [0.3, 0.4) is 0 Å². The van der Waals surface area contributed by atoms with E-state index in [0.717, 1.165) is 10.9 Å². The molecular weight excluding hydrogens is 445 g/mol. The van der Waals surface area contributed by atoms with Gasteiger partial charge in [-0.2, -0.15) is 4.68 Å². The van der Waals surface area contributed by atoms with E-state index in [4.69, 9.17) is 9.15 Å². The third kappa shape index (κ3) is 5.88. The highest BCUT2D eigenvalue weighted by molar-refractivity contribution is 7.92. The van der Waals surface area contributed by atoms with Crippen molar-refractivity contribution >= 4 is 27.5 Å². The van der Waals surface area contributed by atoms with Gasteiger partial charge in [-0.05, 0) is 55.5 Å². The molecule has 3 rings (SSSR count). The van der Waals surface area contributed by atoms with Gasteiger partial charge in [0.25, 0.3) is 0 Å². The molecule has 32 heavy (non-hydrogen) atoms. The van der Waals surface area contributed by atoms with Crippen LogP contribution in [0.25, 0.3) is 11.5 Å². The Bertz CT molecular complexity index is 1300. The van der Waals surface area contributed by atoms with Crippen LogP contribution in [0.1, 0.15) is 17.3 Å². The molecule has 0 aliphatic carbocycles. The van der Waals surface area contributed by atoms with Gasteiger partial charge in [0, 0.05) is 16.8 Å². The maximum Gasteiger partial charge on any atom is 0.437 e. The molecule has 0 aliphatic heterocycles. The molecule has 0 saturated carbocycles. The maximum absolute atomic E-state index is 13.0. The summed E-state index contributed by atoms with van der Waals surface area (Å²) in [5.41, 5.74) is 0.811. The summed E-state index contributed by atoms with van der Waals surface area (Å²) >= 11 is 0. The van der Waals surface area contributed by atoms with Gasteiger partial charge in [-0.15, -0.1) is 5.10 Å². The Balaban J connectivity index is 1.63. The van der Waals surface area contributed by atoms with Gasteiger partial charge in [0.2, 0.25) is 21.7 Å². The average molecular weight is 463 g/mol. The van der Waals surface area contributed by atoms with Crippen molar-refractivity contribution in [1.29, 1.82) is 0 Å². The molecule has 0 fully saturated rings. The molecule has 3 aromatic rings. The van der Waals surface area contributed by atoms with Gasteiger partial charge in [0.1, 0.15) is 12.4 Å². The number of hydrogen-bond acceptors (Lipinski definition) is 8. The quantitative estimate of drug-likeness (QED) is 0.394. The van der Waals surface area contributed by atoms with E-state index in [1.807, 2.05) is 0 Å². The number of Topliss-reactive ketones (excluding diaryl/α,β-unsaturated/α-hetero) is 1. The number of hydrogen-bond donors (Lipinski definition) is 1. The number of halogens is 1. The summed E-state index contributed by atoms with van der Waals surface area (Å²) < 4.78 is 48.5. The van der Waals surface area contributed by atoms with Crippen LogP contribution in [0.15, 0.2) is 57.7 Å². The van der Waals surface area contributed by atoms with Crippen LogP contribution in [-0.4, -0.2) is 42.3 Å². The average Bonchev–Trinajstić information content (AvgIpc) is 3.07. The largest absolute Gasteiger partial charge is 0.453 e. The highest BCUT2D eigenvalue weighted by Crippen LogP contribution is 2.16. The number of nitrogens with one attached hydrogen (secondary N) is 1. The Kier molecular flexibility index (Phi) is 6.53. The van der Waals surface area contributed by atoms with Crippen molar-refractivity contribution in [2.24, 2.45) is 0 Å². The van der Waals surface area contributed by atoms with Gasteiger partial charge in [-0.3, -0.25) is 14.3 Å². The van der Waals surface area contributed by atoms with E-state index in [2.05, 4.69) is 9.82 Å². The van der Waals surface area contributed by atoms with Gasteiger partial charge in [0.05, 0.1) is 6.26 Å². The SMILES string of the molecule is CC(OC(=O)Cn1nc(-c2ccc(F)cc2)oc1=O)C(=O)c1ccc(NS(C)(=O)=O)cc1. The second-order valence-corrected chi connectivity index (χ2v) is 8.53. The van der Waals surface area contributed by atoms with Crippen molar-refractivity contribution in [3.63, 3.8) is 0 Å². The number of anilines is 1. The molecule has 1 heterocycles. The summed E-state index contributed by atoms with van der Waals surface area (Å²) in [5.74, 6) is -2.92. The summed E-state index contributed by atoms with van der Waals surface area (Å²) in [6.45, 7) is 0.761. The van der Waals surface area contributed by atoms with Crippen LogP contribution >= 0.6 is 0 Å². The van der Waals surface area contributed by atoms with Crippen molar-refractivity contribution in [3.05, 3.63) is 70.5 Å². The second kappa shape index (κ2) is 9.14. The number of carbonyl (C=O) groups excluding carboxylic acids is 2. The minimum absolute atomic E-state index is 0.102. The molecule has 2 aromatic carbocycles. The lowest BCUT2D eigenvalue weighted by Crippen LogP contribution is -2.29. The zero-order valence-corrected chi connectivity index (χ0v) is 17.8. The molecule has 10 nitrogen and oxygen atoms in total. The van der Waals surface area contributed by atoms with E-state index in [1.165, 1.54) is 55.5 Å². The Morgan fingerprint density at radius 2 is 1.78 bits per heavy atom. The van der Waals surface area contributed by atoms with E-state index in [-0.39, 0.29) is 17.1 Å². The smallest absolute Gasteiger partial charge is 0.437 e. The van der Waals surface area contributed by atoms with Crippen molar-refractivity contribution in [2.75, 3.05) is 11.0 Å². The molecule has 0 radical (unpaired) electrons. The third-order valence-electron chi connectivity index (χ3n) is 4.13. The molecular formula is C20H18FN3O7S. The lowest BCUT2D eigenvalue weighted by Gasteiger charge is -2.12. The number of sulfonamides is 1. The molecule has 168 valence electrons. The van der Waals surface area contributed by atoms with Gasteiger partial charge in [-0.1, -0.05) is 0 Å². The van der Waals surface area contributed by atoms with E-state index in [1.54, 1.807) is 0 Å². The standard InChI is InChI=1S/C20H18FN3O7S/c1-12(18(26)13-5-9-16(10-6-13)23-32(2,28)29)30-17(25)11-24-20(27)31-19(22-24)14-3-7-15(21)8-4-14/h3-10,12,23H,11H2,1-2H3. The first-order chi connectivity index (χ1) is 15.0. The van der Waals surface area contributed by atoms with Crippen LogP contribution in [0.4, 0.5) is 10.1 Å². The Labute approximate surface area is 181 Å². The molecule has 0 aliphatic rings. The molecule has 0 saturated heterocycles. The second-order valence-electron chi connectivity index (χ2n) is 6.79.